The summed E-state index contributed by atoms with van der Waals surface area (Å²) in [4.78, 5) is 17.5. The maximum atomic E-state index is 11.9. The topological polar surface area (TPSA) is 65.5 Å². The number of anilines is 1. The largest absolute Gasteiger partial charge is 0.356 e. The van der Waals surface area contributed by atoms with Gasteiger partial charge in [-0.3, -0.25) is 9.79 Å². The number of guanidine groups is 1. The number of aliphatic imine (C=N–C) groups is 1. The lowest BCUT2D eigenvalue weighted by molar-refractivity contribution is -0.116. The van der Waals surface area contributed by atoms with Crippen LogP contribution in [0.3, 0.4) is 0 Å². The van der Waals surface area contributed by atoms with Crippen molar-refractivity contribution in [2.24, 2.45) is 4.99 Å². The van der Waals surface area contributed by atoms with E-state index in [1.54, 1.807) is 18.4 Å². The summed E-state index contributed by atoms with van der Waals surface area (Å²) >= 11 is 5.23. The molecule has 0 saturated carbocycles. The minimum absolute atomic E-state index is 0. The molecular weight excluding hydrogens is 527 g/mol. The van der Waals surface area contributed by atoms with Gasteiger partial charge in [0.25, 0.3) is 0 Å². The van der Waals surface area contributed by atoms with Gasteiger partial charge < -0.3 is 16.0 Å². The van der Waals surface area contributed by atoms with E-state index < -0.39 is 0 Å². The van der Waals surface area contributed by atoms with E-state index in [2.05, 4.69) is 55.1 Å². The number of amides is 1. The number of nitrogens with zero attached hydrogens (tertiary/aromatic N) is 1. The monoisotopic (exact) mass is 548 g/mol. The average Bonchev–Trinajstić information content (AvgIpc) is 3.02. The Morgan fingerprint density at radius 2 is 2.12 bits per heavy atom. The number of benzene rings is 1. The van der Waals surface area contributed by atoms with Crippen molar-refractivity contribution in [3.05, 3.63) is 50.6 Å². The maximum absolute atomic E-state index is 11.9. The van der Waals surface area contributed by atoms with Gasteiger partial charge >= 0.3 is 0 Å². The molecule has 1 amide bonds. The van der Waals surface area contributed by atoms with Gasteiger partial charge in [-0.1, -0.05) is 18.2 Å². The van der Waals surface area contributed by atoms with Crippen molar-refractivity contribution in [1.82, 2.24) is 10.6 Å². The Labute approximate surface area is 183 Å². The molecule has 8 heteroatoms. The van der Waals surface area contributed by atoms with Crippen LogP contribution in [0.1, 0.15) is 22.8 Å². The Morgan fingerprint density at radius 3 is 2.85 bits per heavy atom. The summed E-state index contributed by atoms with van der Waals surface area (Å²) in [7, 11) is 1.76. The molecule has 2 aromatic rings. The predicted octanol–water partition coefficient (Wildman–Crippen LogP) is 3.96. The summed E-state index contributed by atoms with van der Waals surface area (Å²) in [6.45, 7) is 1.49. The highest BCUT2D eigenvalue weighted by Crippen LogP contribution is 2.31. The number of hydrogen-bond acceptors (Lipinski definition) is 3. The van der Waals surface area contributed by atoms with Crippen LogP contribution in [0.5, 0.6) is 0 Å². The van der Waals surface area contributed by atoms with Gasteiger partial charge in [-0.25, -0.2) is 0 Å². The van der Waals surface area contributed by atoms with Crippen LogP contribution in [0.25, 0.3) is 0 Å². The van der Waals surface area contributed by atoms with Gasteiger partial charge in [0, 0.05) is 43.0 Å². The molecule has 3 rings (SSSR count). The van der Waals surface area contributed by atoms with Gasteiger partial charge in [0.1, 0.15) is 0 Å². The molecule has 1 aromatic carbocycles. The highest BCUT2D eigenvalue weighted by molar-refractivity contribution is 14.0. The van der Waals surface area contributed by atoms with Crippen LogP contribution >= 0.6 is 51.2 Å². The first-order chi connectivity index (χ1) is 12.2. The van der Waals surface area contributed by atoms with Gasteiger partial charge in [0.15, 0.2) is 5.96 Å². The third-order valence-electron chi connectivity index (χ3n) is 4.14. The third kappa shape index (κ3) is 5.68. The zero-order valence-corrected chi connectivity index (χ0v) is 19.2. The van der Waals surface area contributed by atoms with E-state index in [1.807, 2.05) is 18.2 Å². The molecule has 0 spiro atoms. The SMILES string of the molecule is CN=C(NCCc1ccc(Br)s1)NCC1CC(=O)Nc2ccccc21.I. The van der Waals surface area contributed by atoms with Crippen molar-refractivity contribution >= 4 is 68.8 Å². The fourth-order valence-corrected chi connectivity index (χ4v) is 4.40. The highest BCUT2D eigenvalue weighted by Gasteiger charge is 2.24. The van der Waals surface area contributed by atoms with E-state index in [0.29, 0.717) is 13.0 Å². The van der Waals surface area contributed by atoms with E-state index in [0.717, 1.165) is 28.4 Å². The zero-order valence-electron chi connectivity index (χ0n) is 14.4. The number of rotatable bonds is 5. The smallest absolute Gasteiger partial charge is 0.225 e. The number of para-hydroxylation sites is 1. The second-order valence-corrected chi connectivity index (χ2v) is 8.42. The van der Waals surface area contributed by atoms with Crippen LogP contribution in [0.15, 0.2) is 45.2 Å². The Bertz CT molecular complexity index is 780. The van der Waals surface area contributed by atoms with Gasteiger partial charge in [-0.05, 0) is 46.1 Å². The van der Waals surface area contributed by atoms with E-state index in [9.17, 15) is 4.79 Å². The minimum Gasteiger partial charge on any atom is -0.356 e. The first kappa shape index (κ1) is 21.2. The summed E-state index contributed by atoms with van der Waals surface area (Å²) in [6, 6.07) is 12.2. The van der Waals surface area contributed by atoms with E-state index in [-0.39, 0.29) is 35.8 Å². The number of halogens is 2. The van der Waals surface area contributed by atoms with Crippen molar-refractivity contribution in [2.75, 3.05) is 25.5 Å². The number of fused-ring (bicyclic) bond motifs is 1. The van der Waals surface area contributed by atoms with Crippen LogP contribution in [-0.4, -0.2) is 32.0 Å². The number of carbonyl (C=O) groups is 1. The molecule has 2 heterocycles. The number of carbonyl (C=O) groups excluding carboxylic acids is 1. The molecule has 0 fully saturated rings. The maximum Gasteiger partial charge on any atom is 0.225 e. The molecule has 1 aliphatic heterocycles. The molecule has 0 bridgehead atoms. The first-order valence-electron chi connectivity index (χ1n) is 8.23. The van der Waals surface area contributed by atoms with Crippen molar-refractivity contribution < 1.29 is 4.79 Å². The Balaban J connectivity index is 0.00000243. The first-order valence-corrected chi connectivity index (χ1v) is 9.84. The van der Waals surface area contributed by atoms with Crippen molar-refractivity contribution in [3.8, 4) is 0 Å². The summed E-state index contributed by atoms with van der Waals surface area (Å²) < 4.78 is 1.15. The molecule has 1 unspecified atom stereocenters. The molecule has 1 aromatic heterocycles. The second-order valence-electron chi connectivity index (χ2n) is 5.87. The summed E-state index contributed by atoms with van der Waals surface area (Å²) in [5.41, 5.74) is 2.09. The third-order valence-corrected chi connectivity index (χ3v) is 5.82. The molecule has 140 valence electrons. The quantitative estimate of drug-likeness (QED) is 0.301. The molecule has 3 N–H and O–H groups in total. The number of hydrogen-bond donors (Lipinski definition) is 3. The van der Waals surface area contributed by atoms with Crippen molar-refractivity contribution in [1.29, 1.82) is 0 Å². The van der Waals surface area contributed by atoms with Gasteiger partial charge in [0.2, 0.25) is 5.91 Å². The molecule has 0 aliphatic carbocycles. The van der Waals surface area contributed by atoms with Crippen LogP contribution in [0.2, 0.25) is 0 Å². The summed E-state index contributed by atoms with van der Waals surface area (Å²) in [6.07, 6.45) is 1.44. The molecule has 5 nitrogen and oxygen atoms in total. The Kier molecular flexibility index (Phi) is 8.36. The summed E-state index contributed by atoms with van der Waals surface area (Å²) in [5.74, 6) is 0.979. The predicted molar refractivity (Wildman–Crippen MR) is 123 cm³/mol. The number of thiophene rings is 1. The van der Waals surface area contributed by atoms with Gasteiger partial charge in [-0.15, -0.1) is 35.3 Å². The average molecular weight is 549 g/mol. The lowest BCUT2D eigenvalue weighted by atomic mass is 9.90. The molecule has 1 aliphatic rings. The van der Waals surface area contributed by atoms with Crippen LogP contribution in [0, 0.1) is 0 Å². The van der Waals surface area contributed by atoms with E-state index in [4.69, 9.17) is 0 Å². The van der Waals surface area contributed by atoms with Crippen LogP contribution in [-0.2, 0) is 11.2 Å². The molecule has 0 radical (unpaired) electrons. The van der Waals surface area contributed by atoms with E-state index in [1.165, 1.54) is 10.4 Å². The van der Waals surface area contributed by atoms with Gasteiger partial charge in [0.05, 0.1) is 3.79 Å². The van der Waals surface area contributed by atoms with Crippen molar-refractivity contribution in [2.45, 2.75) is 18.8 Å². The Hall–Kier alpha value is -1.13. The normalized spacial score (nSPS) is 16.3. The molecule has 0 saturated heterocycles. The lowest BCUT2D eigenvalue weighted by Gasteiger charge is -2.26. The van der Waals surface area contributed by atoms with Crippen molar-refractivity contribution in [3.63, 3.8) is 0 Å². The van der Waals surface area contributed by atoms with Crippen LogP contribution in [0.4, 0.5) is 5.69 Å². The molecule has 26 heavy (non-hydrogen) atoms. The second kappa shape index (κ2) is 10.3. The lowest BCUT2D eigenvalue weighted by Crippen LogP contribution is -2.41. The fraction of sp³-hybridized carbons (Fsp3) is 0.333. The minimum atomic E-state index is 0. The molecule has 1 atom stereocenters. The Morgan fingerprint density at radius 1 is 1.31 bits per heavy atom. The van der Waals surface area contributed by atoms with E-state index >= 15 is 0 Å². The fourth-order valence-electron chi connectivity index (χ4n) is 2.91. The van der Waals surface area contributed by atoms with Gasteiger partial charge in [-0.2, -0.15) is 0 Å². The van der Waals surface area contributed by atoms with Crippen LogP contribution < -0.4 is 16.0 Å². The highest BCUT2D eigenvalue weighted by atomic mass is 127. The summed E-state index contributed by atoms with van der Waals surface area (Å²) in [5, 5.41) is 9.61. The number of nitrogens with one attached hydrogen (secondary N) is 3. The zero-order chi connectivity index (χ0) is 17.6. The molecular formula is C18H22BrIN4OS. The standard InChI is InChI=1S/C18H21BrN4OS.HI/c1-20-18(21-9-8-13-6-7-16(19)25-13)22-11-12-10-17(24)23-15-5-3-2-4-14(12)15;/h2-7,12H,8-11H2,1H3,(H,23,24)(H2,20,21,22);1H.